The van der Waals surface area contributed by atoms with E-state index in [1.54, 1.807) is 0 Å². The van der Waals surface area contributed by atoms with Crippen molar-refractivity contribution in [3.8, 4) is 5.75 Å². The van der Waals surface area contributed by atoms with Gasteiger partial charge in [-0.25, -0.2) is 4.39 Å². The molecular formula is C11H10BrFO2. The minimum atomic E-state index is -0.558. The minimum absolute atomic E-state index is 0.00765. The molecule has 0 atom stereocenters. The van der Waals surface area contributed by atoms with E-state index in [9.17, 15) is 14.3 Å². The van der Waals surface area contributed by atoms with Gasteiger partial charge in [0, 0.05) is 12.0 Å². The second-order valence-corrected chi connectivity index (χ2v) is 4.63. The van der Waals surface area contributed by atoms with Crippen LogP contribution >= 0.6 is 15.9 Å². The summed E-state index contributed by atoms with van der Waals surface area (Å²) >= 11 is 3.00. The summed E-state index contributed by atoms with van der Waals surface area (Å²) in [6, 6.07) is 2.32. The summed E-state index contributed by atoms with van der Waals surface area (Å²) in [7, 11) is 0. The Morgan fingerprint density at radius 2 is 2.13 bits per heavy atom. The zero-order chi connectivity index (χ0) is 11.0. The summed E-state index contributed by atoms with van der Waals surface area (Å²) in [6.45, 7) is 0. The molecule has 0 amide bonds. The Hall–Kier alpha value is -0.900. The standard InChI is InChI=1S/C11H10BrFO2/c12-8-4-7(10(14)5-9(8)13)11(15)6-2-1-3-6/h4-6,14H,1-3H2. The van der Waals surface area contributed by atoms with Gasteiger partial charge >= 0.3 is 0 Å². The fourth-order valence-electron chi connectivity index (χ4n) is 1.62. The van der Waals surface area contributed by atoms with Gasteiger partial charge in [-0.3, -0.25) is 4.79 Å². The van der Waals surface area contributed by atoms with Crippen LogP contribution in [-0.4, -0.2) is 10.9 Å². The summed E-state index contributed by atoms with van der Waals surface area (Å²) in [4.78, 5) is 11.8. The number of carbonyl (C=O) groups is 1. The van der Waals surface area contributed by atoms with Crippen molar-refractivity contribution >= 4 is 21.7 Å². The molecule has 0 aromatic heterocycles. The summed E-state index contributed by atoms with van der Waals surface area (Å²) < 4.78 is 13.2. The predicted molar refractivity (Wildman–Crippen MR) is 57.4 cm³/mol. The average molecular weight is 273 g/mol. The Labute approximate surface area is 95.2 Å². The van der Waals surface area contributed by atoms with Crippen LogP contribution in [0.15, 0.2) is 16.6 Å². The third-order valence-electron chi connectivity index (χ3n) is 2.78. The van der Waals surface area contributed by atoms with Crippen molar-refractivity contribution in [3.63, 3.8) is 0 Å². The summed E-state index contributed by atoms with van der Waals surface area (Å²) in [5.74, 6) is -0.905. The molecule has 1 aromatic carbocycles. The van der Waals surface area contributed by atoms with Gasteiger partial charge in [-0.2, -0.15) is 0 Å². The van der Waals surface area contributed by atoms with Gasteiger partial charge in [0.1, 0.15) is 11.6 Å². The van der Waals surface area contributed by atoms with Crippen molar-refractivity contribution < 1.29 is 14.3 Å². The highest BCUT2D eigenvalue weighted by Gasteiger charge is 2.28. The maximum Gasteiger partial charge on any atom is 0.169 e. The van der Waals surface area contributed by atoms with Crippen LogP contribution in [0.25, 0.3) is 0 Å². The zero-order valence-electron chi connectivity index (χ0n) is 7.96. The van der Waals surface area contributed by atoms with Gasteiger partial charge in [0.05, 0.1) is 10.0 Å². The predicted octanol–water partition coefficient (Wildman–Crippen LogP) is 3.28. The van der Waals surface area contributed by atoms with Crippen LogP contribution in [0.3, 0.4) is 0 Å². The van der Waals surface area contributed by atoms with Gasteiger partial charge in [0.2, 0.25) is 0 Å². The molecular weight excluding hydrogens is 263 g/mol. The molecule has 2 rings (SSSR count). The number of phenolic OH excluding ortho intramolecular Hbond substituents is 1. The van der Waals surface area contributed by atoms with Crippen LogP contribution in [0, 0.1) is 11.7 Å². The monoisotopic (exact) mass is 272 g/mol. The lowest BCUT2D eigenvalue weighted by atomic mass is 9.80. The van der Waals surface area contributed by atoms with Crippen molar-refractivity contribution in [3.05, 3.63) is 28.0 Å². The molecule has 1 fully saturated rings. The van der Waals surface area contributed by atoms with E-state index in [0.717, 1.165) is 25.3 Å². The fraction of sp³-hybridized carbons (Fsp3) is 0.364. The SMILES string of the molecule is O=C(c1cc(Br)c(F)cc1O)C1CCC1. The number of Topliss-reactive ketones (excluding diaryl/α,β-unsaturated/α-hetero) is 1. The Morgan fingerprint density at radius 3 is 2.67 bits per heavy atom. The number of rotatable bonds is 2. The largest absolute Gasteiger partial charge is 0.507 e. The van der Waals surface area contributed by atoms with E-state index < -0.39 is 5.82 Å². The highest BCUT2D eigenvalue weighted by molar-refractivity contribution is 9.10. The van der Waals surface area contributed by atoms with Gasteiger partial charge in [0.15, 0.2) is 5.78 Å². The molecule has 15 heavy (non-hydrogen) atoms. The topological polar surface area (TPSA) is 37.3 Å². The Kier molecular flexibility index (Phi) is 2.78. The maximum atomic E-state index is 13.0. The Balaban J connectivity index is 2.34. The summed E-state index contributed by atoms with van der Waals surface area (Å²) in [5.41, 5.74) is 0.216. The molecule has 2 nitrogen and oxygen atoms in total. The zero-order valence-corrected chi connectivity index (χ0v) is 9.55. The first-order chi connectivity index (χ1) is 7.09. The number of phenols is 1. The smallest absolute Gasteiger partial charge is 0.169 e. The molecule has 0 radical (unpaired) electrons. The van der Waals surface area contributed by atoms with E-state index in [2.05, 4.69) is 15.9 Å². The number of ketones is 1. The second kappa shape index (κ2) is 3.93. The van der Waals surface area contributed by atoms with Crippen molar-refractivity contribution in [2.75, 3.05) is 0 Å². The van der Waals surface area contributed by atoms with E-state index in [1.807, 2.05) is 0 Å². The lowest BCUT2D eigenvalue weighted by Crippen LogP contribution is -2.22. The first-order valence-electron chi connectivity index (χ1n) is 4.82. The third-order valence-corrected chi connectivity index (χ3v) is 3.39. The molecule has 0 aliphatic heterocycles. The van der Waals surface area contributed by atoms with Gasteiger partial charge < -0.3 is 5.11 Å². The molecule has 0 bridgehead atoms. The summed E-state index contributed by atoms with van der Waals surface area (Å²) in [6.07, 6.45) is 2.79. The number of carbonyl (C=O) groups excluding carboxylic acids is 1. The fourth-order valence-corrected chi connectivity index (χ4v) is 1.97. The number of benzene rings is 1. The normalized spacial score (nSPS) is 16.1. The molecule has 1 N–H and O–H groups in total. The van der Waals surface area contributed by atoms with Crippen molar-refractivity contribution in [1.29, 1.82) is 0 Å². The van der Waals surface area contributed by atoms with Gasteiger partial charge in [0.25, 0.3) is 0 Å². The molecule has 1 aromatic rings. The van der Waals surface area contributed by atoms with E-state index in [-0.39, 0.29) is 27.5 Å². The van der Waals surface area contributed by atoms with E-state index >= 15 is 0 Å². The molecule has 0 heterocycles. The average Bonchev–Trinajstić information content (AvgIpc) is 2.08. The quantitative estimate of drug-likeness (QED) is 0.839. The molecule has 0 unspecified atom stereocenters. The number of hydrogen-bond donors (Lipinski definition) is 1. The molecule has 1 aliphatic rings. The Morgan fingerprint density at radius 1 is 1.47 bits per heavy atom. The lowest BCUT2D eigenvalue weighted by Gasteiger charge is -2.24. The Bertz CT molecular complexity index is 413. The highest BCUT2D eigenvalue weighted by Crippen LogP contribution is 2.34. The molecule has 0 spiro atoms. The van der Waals surface area contributed by atoms with Crippen molar-refractivity contribution in [1.82, 2.24) is 0 Å². The molecule has 4 heteroatoms. The lowest BCUT2D eigenvalue weighted by molar-refractivity contribution is 0.0852. The molecule has 80 valence electrons. The van der Waals surface area contributed by atoms with Crippen molar-refractivity contribution in [2.45, 2.75) is 19.3 Å². The van der Waals surface area contributed by atoms with E-state index in [0.29, 0.717) is 0 Å². The minimum Gasteiger partial charge on any atom is -0.507 e. The molecule has 1 aliphatic carbocycles. The maximum absolute atomic E-state index is 13.0. The van der Waals surface area contributed by atoms with Crippen LogP contribution in [0.1, 0.15) is 29.6 Å². The molecule has 1 saturated carbocycles. The number of halogens is 2. The molecule has 0 saturated heterocycles. The van der Waals surface area contributed by atoms with E-state index in [4.69, 9.17) is 0 Å². The third kappa shape index (κ3) is 1.91. The second-order valence-electron chi connectivity index (χ2n) is 3.78. The number of aromatic hydroxyl groups is 1. The van der Waals surface area contributed by atoms with Crippen LogP contribution in [0.5, 0.6) is 5.75 Å². The van der Waals surface area contributed by atoms with Gasteiger partial charge in [-0.05, 0) is 34.8 Å². The number of hydrogen-bond acceptors (Lipinski definition) is 2. The highest BCUT2D eigenvalue weighted by atomic mass is 79.9. The van der Waals surface area contributed by atoms with Gasteiger partial charge in [-0.15, -0.1) is 0 Å². The van der Waals surface area contributed by atoms with Crippen LogP contribution in [0.4, 0.5) is 4.39 Å². The first kappa shape index (κ1) is 10.6. The van der Waals surface area contributed by atoms with Crippen molar-refractivity contribution in [2.24, 2.45) is 5.92 Å². The van der Waals surface area contributed by atoms with Crippen LogP contribution in [-0.2, 0) is 0 Å². The van der Waals surface area contributed by atoms with Crippen LogP contribution < -0.4 is 0 Å². The van der Waals surface area contributed by atoms with Gasteiger partial charge in [-0.1, -0.05) is 6.42 Å². The first-order valence-corrected chi connectivity index (χ1v) is 5.61. The summed E-state index contributed by atoms with van der Waals surface area (Å²) in [5, 5.41) is 9.47. The van der Waals surface area contributed by atoms with Crippen LogP contribution in [0.2, 0.25) is 0 Å². The van der Waals surface area contributed by atoms with E-state index in [1.165, 1.54) is 6.07 Å².